The van der Waals surface area contributed by atoms with Gasteiger partial charge in [0.2, 0.25) is 0 Å². The fourth-order valence-electron chi connectivity index (χ4n) is 14.1. The number of likely N-dealkylation sites (N-methyl/N-ethyl adjacent to an activating group) is 1. The minimum atomic E-state index is -1.18. The Labute approximate surface area is 365 Å². The highest BCUT2D eigenvalue weighted by Gasteiger charge is 2.71. The topological polar surface area (TPSA) is 113 Å². The highest BCUT2D eigenvalue weighted by molar-refractivity contribution is 6.31. The molecule has 1 aromatic rings. The SMILES string of the molecule is CC(=O)O[C@H](CN(CCN(C)C)Cc1ccccc1Cl)C12CC[C@]3(C)[C@H](CC[C@@H]4[C@@]5(C)CC[C@H](OC(=O)CC(C)(C)C(=O)O)C(C)(C)C5CC[C@]43C)C1=C(C(C)C)C(=O)C2. The molecule has 1 aromatic carbocycles. The number of ether oxygens (including phenoxy) is 2. The van der Waals surface area contributed by atoms with E-state index in [0.29, 0.717) is 36.4 Å². The number of ketones is 1. The van der Waals surface area contributed by atoms with Crippen LogP contribution < -0.4 is 0 Å². The van der Waals surface area contributed by atoms with E-state index >= 15 is 0 Å². The molecule has 9 atom stereocenters. The number of nitrogens with zero attached hydrogens (tertiary/aromatic N) is 2. The molecule has 6 rings (SSSR count). The van der Waals surface area contributed by atoms with Crippen LogP contribution >= 0.6 is 11.6 Å². The Morgan fingerprint density at radius 2 is 1.60 bits per heavy atom. The van der Waals surface area contributed by atoms with Gasteiger partial charge in [-0.3, -0.25) is 24.1 Å². The van der Waals surface area contributed by atoms with Crippen LogP contribution in [0.4, 0.5) is 0 Å². The summed E-state index contributed by atoms with van der Waals surface area (Å²) in [5.74, 6) is -0.492. The lowest BCUT2D eigenvalue weighted by Gasteiger charge is -2.72. The molecule has 0 spiro atoms. The molecule has 1 N–H and O–H groups in total. The third-order valence-electron chi connectivity index (χ3n) is 17.4. The summed E-state index contributed by atoms with van der Waals surface area (Å²) >= 11 is 6.74. The van der Waals surface area contributed by atoms with Gasteiger partial charge in [-0.15, -0.1) is 0 Å². The molecular weight excluding hydrogens is 776 g/mol. The molecule has 5 aliphatic rings. The molecule has 0 aliphatic heterocycles. The summed E-state index contributed by atoms with van der Waals surface area (Å²) in [4.78, 5) is 57.4. The Hall–Kier alpha value is -2.75. The molecule has 0 amide bonds. The van der Waals surface area contributed by atoms with Crippen LogP contribution in [0, 0.1) is 56.2 Å². The Morgan fingerprint density at radius 1 is 0.917 bits per heavy atom. The molecule has 4 fully saturated rings. The maximum atomic E-state index is 14.6. The first kappa shape index (κ1) is 46.7. The summed E-state index contributed by atoms with van der Waals surface area (Å²) in [6.07, 6.45) is 7.04. The molecule has 60 heavy (non-hydrogen) atoms. The number of hydrogen-bond donors (Lipinski definition) is 1. The zero-order valence-corrected chi connectivity index (χ0v) is 39.6. The average Bonchev–Trinajstić information content (AvgIpc) is 3.45. The number of fused-ring (bicyclic) bond motifs is 7. The van der Waals surface area contributed by atoms with Gasteiger partial charge in [-0.1, -0.05) is 78.3 Å². The van der Waals surface area contributed by atoms with Gasteiger partial charge in [0.1, 0.15) is 12.2 Å². The molecule has 334 valence electrons. The van der Waals surface area contributed by atoms with Gasteiger partial charge in [0.25, 0.3) is 0 Å². The third kappa shape index (κ3) is 8.04. The van der Waals surface area contributed by atoms with Gasteiger partial charge in [0.05, 0.1) is 11.8 Å². The van der Waals surface area contributed by atoms with Crippen LogP contribution in [0.2, 0.25) is 5.02 Å². The van der Waals surface area contributed by atoms with Gasteiger partial charge in [0, 0.05) is 55.4 Å². The number of carboxylic acids is 1. The van der Waals surface area contributed by atoms with E-state index in [1.54, 1.807) is 13.8 Å². The van der Waals surface area contributed by atoms with Gasteiger partial charge in [-0.25, -0.2) is 0 Å². The number of rotatable bonds is 14. The van der Waals surface area contributed by atoms with Gasteiger partial charge in [0.15, 0.2) is 5.78 Å². The number of aliphatic carboxylic acids is 1. The highest BCUT2D eigenvalue weighted by atomic mass is 35.5. The fraction of sp³-hybridized carbons (Fsp3) is 0.760. The van der Waals surface area contributed by atoms with E-state index in [9.17, 15) is 24.3 Å². The van der Waals surface area contributed by atoms with Crippen LogP contribution in [0.3, 0.4) is 0 Å². The van der Waals surface area contributed by atoms with E-state index in [0.717, 1.165) is 75.6 Å². The predicted molar refractivity (Wildman–Crippen MR) is 236 cm³/mol. The Morgan fingerprint density at radius 3 is 2.22 bits per heavy atom. The van der Waals surface area contributed by atoms with Crippen LogP contribution in [0.1, 0.15) is 139 Å². The molecule has 0 heterocycles. The van der Waals surface area contributed by atoms with E-state index in [1.807, 2.05) is 18.2 Å². The van der Waals surface area contributed by atoms with Crippen LogP contribution in [-0.4, -0.2) is 84.5 Å². The first-order chi connectivity index (χ1) is 27.8. The Balaban J connectivity index is 1.34. The summed E-state index contributed by atoms with van der Waals surface area (Å²) in [6, 6.07) is 7.95. The van der Waals surface area contributed by atoms with Crippen molar-refractivity contribution in [1.29, 1.82) is 0 Å². The van der Waals surface area contributed by atoms with Crippen LogP contribution in [-0.2, 0) is 35.2 Å². The van der Waals surface area contributed by atoms with Gasteiger partial charge >= 0.3 is 17.9 Å². The van der Waals surface area contributed by atoms with Crippen LogP contribution in [0.25, 0.3) is 0 Å². The number of halogens is 1. The molecule has 0 saturated heterocycles. The second-order valence-electron chi connectivity index (χ2n) is 22.3. The predicted octanol–water partition coefficient (Wildman–Crippen LogP) is 10.0. The largest absolute Gasteiger partial charge is 0.481 e. The number of carbonyl (C=O) groups is 4. The number of carboxylic acid groups (broad SMARTS) is 1. The molecule has 4 saturated carbocycles. The van der Waals surface area contributed by atoms with E-state index in [2.05, 4.69) is 78.4 Å². The standard InChI is InChI=1S/C50H75ClN2O7/c1-31(2)42-36(55)27-50(40(59-32(3)54)30-53(26-25-52(11)12)29-33-15-13-14-16-35(33)51)24-23-48(9)34(43(42)50)17-18-38-47(8)21-20-39(60-41(56)28-45(4,5)44(57)58)46(6,7)37(47)19-22-49(38,48)10/h13-16,31,34,37-40H,17-30H2,1-12H3,(H,57,58)/t34-,37?,38-,39+,40-,47+,48-,49-,50?/m1/s1. The number of hydrogen-bond acceptors (Lipinski definition) is 8. The monoisotopic (exact) mass is 851 g/mol. The number of carbonyl (C=O) groups excluding carboxylic acids is 3. The first-order valence-corrected chi connectivity index (χ1v) is 23.2. The van der Waals surface area contributed by atoms with Crippen LogP contribution in [0.5, 0.6) is 0 Å². The van der Waals surface area contributed by atoms with E-state index in [-0.39, 0.29) is 57.8 Å². The first-order valence-electron chi connectivity index (χ1n) is 22.8. The summed E-state index contributed by atoms with van der Waals surface area (Å²) in [6.45, 7) is 23.9. The Bertz CT molecular complexity index is 1870. The fourth-order valence-corrected chi connectivity index (χ4v) is 14.3. The highest BCUT2D eigenvalue weighted by Crippen LogP contribution is 2.77. The molecule has 0 radical (unpaired) electrons. The van der Waals surface area contributed by atoms with Gasteiger partial charge in [-0.05, 0) is 142 Å². The normalized spacial score (nSPS) is 34.2. The number of esters is 2. The van der Waals surface area contributed by atoms with Crippen molar-refractivity contribution in [1.82, 2.24) is 9.80 Å². The van der Waals surface area contributed by atoms with Crippen molar-refractivity contribution in [3.63, 3.8) is 0 Å². The summed E-state index contributed by atoms with van der Waals surface area (Å²) in [5, 5.41) is 10.4. The van der Waals surface area contributed by atoms with Gasteiger partial charge < -0.3 is 19.5 Å². The van der Waals surface area contributed by atoms with Gasteiger partial charge in [-0.2, -0.15) is 0 Å². The van der Waals surface area contributed by atoms with Crippen molar-refractivity contribution < 1.29 is 33.8 Å². The van der Waals surface area contributed by atoms with Crippen molar-refractivity contribution in [3.05, 3.63) is 46.0 Å². The van der Waals surface area contributed by atoms with Crippen molar-refractivity contribution in [2.75, 3.05) is 33.7 Å². The third-order valence-corrected chi connectivity index (χ3v) is 17.8. The number of Topliss-reactive ketones (excluding diaryl/α,β-unsaturated/α-hetero) is 1. The van der Waals surface area contributed by atoms with Crippen molar-refractivity contribution >= 4 is 35.3 Å². The minimum Gasteiger partial charge on any atom is -0.481 e. The van der Waals surface area contributed by atoms with E-state index in [1.165, 1.54) is 12.5 Å². The Kier molecular flexibility index (Phi) is 13.0. The molecule has 10 heteroatoms. The minimum absolute atomic E-state index is 0.00209. The molecule has 0 bridgehead atoms. The maximum absolute atomic E-state index is 14.6. The van der Waals surface area contributed by atoms with Crippen molar-refractivity contribution in [2.24, 2.45) is 56.2 Å². The number of benzene rings is 1. The van der Waals surface area contributed by atoms with Crippen molar-refractivity contribution in [2.45, 2.75) is 152 Å². The quantitative estimate of drug-likeness (QED) is 0.183. The van der Waals surface area contributed by atoms with E-state index < -0.39 is 28.9 Å². The maximum Gasteiger partial charge on any atom is 0.309 e. The second kappa shape index (κ2) is 16.7. The molecule has 5 aliphatic carbocycles. The summed E-state index contributed by atoms with van der Waals surface area (Å²) in [5.41, 5.74) is 1.21. The molecule has 9 nitrogen and oxygen atoms in total. The average molecular weight is 852 g/mol. The smallest absolute Gasteiger partial charge is 0.309 e. The lowest BCUT2D eigenvalue weighted by molar-refractivity contribution is -0.235. The lowest BCUT2D eigenvalue weighted by Crippen LogP contribution is -2.66. The lowest BCUT2D eigenvalue weighted by atomic mass is 9.33. The molecular formula is C50H75ClN2O7. The number of allylic oxidation sites excluding steroid dienone is 1. The molecule has 2 unspecified atom stereocenters. The van der Waals surface area contributed by atoms with E-state index in [4.69, 9.17) is 21.1 Å². The zero-order chi connectivity index (χ0) is 44.4. The zero-order valence-electron chi connectivity index (χ0n) is 38.8. The summed E-state index contributed by atoms with van der Waals surface area (Å²) < 4.78 is 12.7. The second-order valence-corrected chi connectivity index (χ2v) is 22.7. The summed E-state index contributed by atoms with van der Waals surface area (Å²) in [7, 11) is 4.14. The molecule has 0 aromatic heterocycles. The van der Waals surface area contributed by atoms with Crippen molar-refractivity contribution in [3.8, 4) is 0 Å². The van der Waals surface area contributed by atoms with Crippen LogP contribution in [0.15, 0.2) is 35.4 Å².